The first-order valence-electron chi connectivity index (χ1n) is 7.04. The lowest BCUT2D eigenvalue weighted by Crippen LogP contribution is -2.51. The van der Waals surface area contributed by atoms with Crippen LogP contribution in [-0.4, -0.2) is 55.6 Å². The summed E-state index contributed by atoms with van der Waals surface area (Å²) in [6, 6.07) is 6.36. The summed E-state index contributed by atoms with van der Waals surface area (Å²) in [5, 5.41) is 1.24. The van der Waals surface area contributed by atoms with Gasteiger partial charge in [-0.25, -0.2) is 0 Å². The molecule has 2 rings (SSSR count). The van der Waals surface area contributed by atoms with Crippen molar-refractivity contribution in [3.8, 4) is 0 Å². The highest BCUT2D eigenvalue weighted by Crippen LogP contribution is 2.27. The molecule has 0 saturated carbocycles. The number of hydrogen-bond donors (Lipinski definition) is 1. The molecular weight excluding hydrogens is 293 g/mol. The highest BCUT2D eigenvalue weighted by atomic mass is 35.5. The van der Waals surface area contributed by atoms with Gasteiger partial charge in [-0.2, -0.15) is 0 Å². The van der Waals surface area contributed by atoms with Gasteiger partial charge in [0.05, 0.1) is 10.0 Å². The fraction of sp³-hybridized carbons (Fsp3) is 0.600. The van der Waals surface area contributed by atoms with Crippen LogP contribution in [0.1, 0.15) is 12.0 Å². The molecule has 1 heterocycles. The number of nitrogens with zero attached hydrogens (tertiary/aromatic N) is 2. The zero-order chi connectivity index (χ0) is 14.7. The van der Waals surface area contributed by atoms with E-state index in [1.54, 1.807) is 0 Å². The second-order valence-corrected chi connectivity index (χ2v) is 6.59. The van der Waals surface area contributed by atoms with Gasteiger partial charge < -0.3 is 15.5 Å². The maximum Gasteiger partial charge on any atom is 0.0624 e. The average Bonchev–Trinajstić information content (AvgIpc) is 2.39. The van der Waals surface area contributed by atoms with Crippen molar-refractivity contribution >= 4 is 23.2 Å². The Bertz CT molecular complexity index is 453. The molecule has 5 heteroatoms. The number of likely N-dealkylation sites (N-methyl/N-ethyl adjacent to an activating group) is 2. The molecule has 1 aliphatic heterocycles. The summed E-state index contributed by atoms with van der Waals surface area (Å²) in [4.78, 5) is 4.77. The molecule has 0 amide bonds. The predicted molar refractivity (Wildman–Crippen MR) is 86.7 cm³/mol. The highest BCUT2D eigenvalue weighted by Gasteiger charge is 2.24. The van der Waals surface area contributed by atoms with Gasteiger partial charge in [-0.3, -0.25) is 0 Å². The van der Waals surface area contributed by atoms with Crippen LogP contribution in [0.2, 0.25) is 10.0 Å². The number of piperazine rings is 1. The maximum atomic E-state index is 6.32. The smallest absolute Gasteiger partial charge is 0.0624 e. The molecule has 20 heavy (non-hydrogen) atoms. The Morgan fingerprint density at radius 3 is 2.80 bits per heavy atom. The summed E-state index contributed by atoms with van der Waals surface area (Å²) in [6.07, 6.45) is 1.75. The molecule has 0 aliphatic carbocycles. The Morgan fingerprint density at radius 2 is 2.05 bits per heavy atom. The van der Waals surface area contributed by atoms with Crippen LogP contribution in [0.5, 0.6) is 0 Å². The minimum absolute atomic E-state index is 0.102. The lowest BCUT2D eigenvalue weighted by molar-refractivity contribution is 0.104. The Morgan fingerprint density at radius 1 is 1.30 bits per heavy atom. The van der Waals surface area contributed by atoms with Gasteiger partial charge in [-0.15, -0.1) is 0 Å². The van der Waals surface area contributed by atoms with Gasteiger partial charge >= 0.3 is 0 Å². The molecule has 0 aromatic heterocycles. The molecule has 1 saturated heterocycles. The number of halogens is 2. The largest absolute Gasteiger partial charge is 0.327 e. The fourth-order valence-electron chi connectivity index (χ4n) is 2.78. The topological polar surface area (TPSA) is 32.5 Å². The molecule has 0 spiro atoms. The van der Waals surface area contributed by atoms with Crippen LogP contribution in [0.4, 0.5) is 0 Å². The highest BCUT2D eigenvalue weighted by molar-refractivity contribution is 6.42. The molecule has 0 bridgehead atoms. The third-order valence-electron chi connectivity index (χ3n) is 4.07. The summed E-state index contributed by atoms with van der Waals surface area (Å²) >= 11 is 12.3. The number of hydrogen-bond acceptors (Lipinski definition) is 3. The molecule has 112 valence electrons. The van der Waals surface area contributed by atoms with E-state index in [0.29, 0.717) is 16.1 Å². The van der Waals surface area contributed by atoms with Gasteiger partial charge in [-0.05, 0) is 38.6 Å². The van der Waals surface area contributed by atoms with Crippen LogP contribution in [0.25, 0.3) is 0 Å². The normalized spacial score (nSPS) is 22.9. The number of benzene rings is 1. The summed E-state index contributed by atoms with van der Waals surface area (Å²) < 4.78 is 0. The summed E-state index contributed by atoms with van der Waals surface area (Å²) in [6.45, 7) is 3.31. The van der Waals surface area contributed by atoms with Gasteiger partial charge in [-0.1, -0.05) is 35.3 Å². The van der Waals surface area contributed by atoms with Crippen LogP contribution in [0, 0.1) is 0 Å². The molecule has 0 radical (unpaired) electrons. The van der Waals surface area contributed by atoms with E-state index in [2.05, 4.69) is 23.9 Å². The van der Waals surface area contributed by atoms with Gasteiger partial charge in [0, 0.05) is 31.7 Å². The van der Waals surface area contributed by atoms with Crippen molar-refractivity contribution in [3.63, 3.8) is 0 Å². The van der Waals surface area contributed by atoms with Crippen LogP contribution in [0.3, 0.4) is 0 Å². The van der Waals surface area contributed by atoms with Crippen molar-refractivity contribution < 1.29 is 0 Å². The van der Waals surface area contributed by atoms with Crippen LogP contribution < -0.4 is 5.73 Å². The summed E-state index contributed by atoms with van der Waals surface area (Å²) in [5.41, 5.74) is 7.36. The van der Waals surface area contributed by atoms with Crippen molar-refractivity contribution in [1.29, 1.82) is 0 Å². The van der Waals surface area contributed by atoms with E-state index in [1.165, 1.54) is 0 Å². The first kappa shape index (κ1) is 16.1. The molecule has 1 fully saturated rings. The second-order valence-electron chi connectivity index (χ2n) is 5.81. The van der Waals surface area contributed by atoms with E-state index in [1.807, 2.05) is 18.2 Å². The van der Waals surface area contributed by atoms with E-state index in [9.17, 15) is 0 Å². The summed E-state index contributed by atoms with van der Waals surface area (Å²) in [5.74, 6) is 0. The minimum atomic E-state index is 0.102. The van der Waals surface area contributed by atoms with Crippen molar-refractivity contribution in [3.05, 3.63) is 33.8 Å². The molecule has 2 atom stereocenters. The Labute approximate surface area is 131 Å². The van der Waals surface area contributed by atoms with E-state index >= 15 is 0 Å². The standard InChI is InChI=1S/C15H23Cl2N3/c1-19-6-7-20(2)13(10-19)9-12(18)8-11-4-3-5-14(16)15(11)17/h3-5,12-13H,6-10,18H2,1-2H3. The fourth-order valence-corrected chi connectivity index (χ4v) is 3.17. The van der Waals surface area contributed by atoms with Crippen molar-refractivity contribution in [1.82, 2.24) is 9.80 Å². The van der Waals surface area contributed by atoms with Gasteiger partial charge in [0.25, 0.3) is 0 Å². The predicted octanol–water partition coefficient (Wildman–Crippen LogP) is 2.50. The van der Waals surface area contributed by atoms with Crippen LogP contribution in [-0.2, 0) is 6.42 Å². The molecule has 3 nitrogen and oxygen atoms in total. The van der Waals surface area contributed by atoms with E-state index < -0.39 is 0 Å². The first-order chi connectivity index (χ1) is 9.47. The summed E-state index contributed by atoms with van der Waals surface area (Å²) in [7, 11) is 4.34. The number of nitrogens with two attached hydrogens (primary N) is 1. The molecule has 2 N–H and O–H groups in total. The second kappa shape index (κ2) is 7.10. The van der Waals surface area contributed by atoms with Crippen molar-refractivity contribution in [2.45, 2.75) is 24.9 Å². The Balaban J connectivity index is 1.94. The van der Waals surface area contributed by atoms with E-state index in [0.717, 1.165) is 38.0 Å². The van der Waals surface area contributed by atoms with E-state index in [4.69, 9.17) is 28.9 Å². The average molecular weight is 316 g/mol. The minimum Gasteiger partial charge on any atom is -0.327 e. The van der Waals surface area contributed by atoms with Crippen LogP contribution >= 0.6 is 23.2 Å². The zero-order valence-electron chi connectivity index (χ0n) is 12.1. The lowest BCUT2D eigenvalue weighted by atomic mass is 9.98. The molecular formula is C15H23Cl2N3. The van der Waals surface area contributed by atoms with Gasteiger partial charge in [0.2, 0.25) is 0 Å². The monoisotopic (exact) mass is 315 g/mol. The molecule has 2 unspecified atom stereocenters. The Kier molecular flexibility index (Phi) is 5.70. The third-order valence-corrected chi connectivity index (χ3v) is 4.93. The SMILES string of the molecule is CN1CCN(C)C(CC(N)Cc2cccc(Cl)c2Cl)C1. The van der Waals surface area contributed by atoms with Crippen molar-refractivity contribution in [2.24, 2.45) is 5.73 Å². The quantitative estimate of drug-likeness (QED) is 0.926. The van der Waals surface area contributed by atoms with E-state index in [-0.39, 0.29) is 6.04 Å². The van der Waals surface area contributed by atoms with Gasteiger partial charge in [0.1, 0.15) is 0 Å². The van der Waals surface area contributed by atoms with Crippen LogP contribution in [0.15, 0.2) is 18.2 Å². The third kappa shape index (κ3) is 4.09. The van der Waals surface area contributed by atoms with Gasteiger partial charge in [0.15, 0.2) is 0 Å². The number of rotatable bonds is 4. The zero-order valence-corrected chi connectivity index (χ0v) is 13.7. The molecule has 1 aliphatic rings. The first-order valence-corrected chi connectivity index (χ1v) is 7.80. The lowest BCUT2D eigenvalue weighted by Gasteiger charge is -2.38. The molecule has 1 aromatic rings. The maximum absolute atomic E-state index is 6.32. The van der Waals surface area contributed by atoms with Crippen molar-refractivity contribution in [2.75, 3.05) is 33.7 Å². The molecule has 1 aromatic carbocycles. The Hall–Kier alpha value is -0.320.